The minimum atomic E-state index is -0.783. The second-order valence-corrected chi connectivity index (χ2v) is 3.92. The molecular weight excluding hydrogens is 269 g/mol. The van der Waals surface area contributed by atoms with E-state index < -0.39 is 22.3 Å². The van der Waals surface area contributed by atoms with Crippen molar-refractivity contribution in [3.63, 3.8) is 0 Å². The number of amides is 1. The summed E-state index contributed by atoms with van der Waals surface area (Å²) in [5.41, 5.74) is -0.705. The number of hydrogen-bond acceptors (Lipinski definition) is 5. The molecule has 0 aliphatic rings. The number of methoxy groups -OCH3 is 1. The molecule has 1 aromatic carbocycles. The molecule has 0 spiro atoms. The van der Waals surface area contributed by atoms with Gasteiger partial charge in [-0.1, -0.05) is 0 Å². The number of carbonyl (C=O) groups excluding carboxylic acids is 1. The Kier molecular flexibility index (Phi) is 6.54. The highest BCUT2D eigenvalue weighted by Crippen LogP contribution is 2.19. The highest BCUT2D eigenvalue weighted by Gasteiger charge is 2.20. The minimum Gasteiger partial charge on any atom is -0.383 e. The summed E-state index contributed by atoms with van der Waals surface area (Å²) in [5, 5.41) is 16.3. The largest absolute Gasteiger partial charge is 0.383 e. The molecule has 0 bridgehead atoms. The molecular formula is C12H16FN3O4. The molecule has 0 heterocycles. The fourth-order valence-corrected chi connectivity index (χ4v) is 1.51. The Labute approximate surface area is 115 Å². The van der Waals surface area contributed by atoms with E-state index in [1.54, 1.807) is 7.11 Å². The van der Waals surface area contributed by atoms with Crippen molar-refractivity contribution in [3.05, 3.63) is 39.7 Å². The van der Waals surface area contributed by atoms with Crippen LogP contribution in [0.5, 0.6) is 0 Å². The average Bonchev–Trinajstić information content (AvgIpc) is 2.42. The van der Waals surface area contributed by atoms with Gasteiger partial charge in [-0.15, -0.1) is 0 Å². The van der Waals surface area contributed by atoms with Crippen molar-refractivity contribution in [2.45, 2.75) is 0 Å². The summed E-state index contributed by atoms with van der Waals surface area (Å²) >= 11 is 0. The molecule has 0 aromatic heterocycles. The molecule has 0 radical (unpaired) electrons. The standard InChI is InChI=1S/C12H16FN3O4/c1-20-7-6-14-4-5-15-12(17)10-3-2-9(13)8-11(10)16(18)19/h2-3,8,14H,4-7H2,1H3,(H,15,17). The van der Waals surface area contributed by atoms with Gasteiger partial charge in [0, 0.05) is 26.7 Å². The Bertz CT molecular complexity index is 482. The van der Waals surface area contributed by atoms with E-state index >= 15 is 0 Å². The summed E-state index contributed by atoms with van der Waals surface area (Å²) < 4.78 is 17.8. The lowest BCUT2D eigenvalue weighted by Gasteiger charge is -2.07. The van der Waals surface area contributed by atoms with Crippen LogP contribution >= 0.6 is 0 Å². The third-order valence-electron chi connectivity index (χ3n) is 2.47. The molecule has 0 aliphatic heterocycles. The number of ether oxygens (including phenoxy) is 1. The van der Waals surface area contributed by atoms with Crippen LogP contribution in [0.3, 0.4) is 0 Å². The Hall–Kier alpha value is -2.06. The Morgan fingerprint density at radius 1 is 1.40 bits per heavy atom. The smallest absolute Gasteiger partial charge is 0.285 e. The van der Waals surface area contributed by atoms with Crippen LogP contribution in [0.15, 0.2) is 18.2 Å². The molecule has 110 valence electrons. The summed E-state index contributed by atoms with van der Waals surface area (Å²) in [6.45, 7) is 2.00. The monoisotopic (exact) mass is 285 g/mol. The van der Waals surface area contributed by atoms with Crippen molar-refractivity contribution in [1.29, 1.82) is 0 Å². The molecule has 0 aliphatic carbocycles. The highest BCUT2D eigenvalue weighted by molar-refractivity contribution is 5.98. The van der Waals surface area contributed by atoms with Gasteiger partial charge in [0.05, 0.1) is 17.6 Å². The van der Waals surface area contributed by atoms with Gasteiger partial charge in [-0.25, -0.2) is 4.39 Å². The molecule has 1 amide bonds. The third kappa shape index (κ3) is 4.90. The van der Waals surface area contributed by atoms with Crippen LogP contribution in [0.1, 0.15) is 10.4 Å². The van der Waals surface area contributed by atoms with Crippen LogP contribution in [-0.2, 0) is 4.74 Å². The Morgan fingerprint density at radius 3 is 2.80 bits per heavy atom. The molecule has 0 unspecified atom stereocenters. The Morgan fingerprint density at radius 2 is 2.15 bits per heavy atom. The van der Waals surface area contributed by atoms with Gasteiger partial charge in [-0.05, 0) is 12.1 Å². The number of rotatable bonds is 8. The van der Waals surface area contributed by atoms with Crippen molar-refractivity contribution >= 4 is 11.6 Å². The second kappa shape index (κ2) is 8.18. The molecule has 0 fully saturated rings. The van der Waals surface area contributed by atoms with Gasteiger partial charge >= 0.3 is 0 Å². The van der Waals surface area contributed by atoms with E-state index in [2.05, 4.69) is 10.6 Å². The zero-order chi connectivity index (χ0) is 15.0. The fourth-order valence-electron chi connectivity index (χ4n) is 1.51. The van der Waals surface area contributed by atoms with Gasteiger partial charge in [0.2, 0.25) is 0 Å². The predicted octanol–water partition coefficient (Wildman–Crippen LogP) is 0.700. The fraction of sp³-hybridized carbons (Fsp3) is 0.417. The van der Waals surface area contributed by atoms with E-state index in [9.17, 15) is 19.3 Å². The van der Waals surface area contributed by atoms with Gasteiger partial charge in [-0.3, -0.25) is 14.9 Å². The van der Waals surface area contributed by atoms with Gasteiger partial charge in [0.25, 0.3) is 11.6 Å². The number of nitro groups is 1. The average molecular weight is 285 g/mol. The number of nitro benzene ring substituents is 1. The number of nitrogens with zero attached hydrogens (tertiary/aromatic N) is 1. The number of benzene rings is 1. The molecule has 0 atom stereocenters. The van der Waals surface area contributed by atoms with Crippen LogP contribution in [0.4, 0.5) is 10.1 Å². The van der Waals surface area contributed by atoms with E-state index in [0.29, 0.717) is 26.2 Å². The van der Waals surface area contributed by atoms with Crippen LogP contribution in [-0.4, -0.2) is 44.2 Å². The first-order chi connectivity index (χ1) is 9.56. The maximum atomic E-state index is 12.9. The summed E-state index contributed by atoms with van der Waals surface area (Å²) in [6.07, 6.45) is 0. The number of halogens is 1. The lowest BCUT2D eigenvalue weighted by molar-refractivity contribution is -0.385. The summed E-state index contributed by atoms with van der Waals surface area (Å²) in [7, 11) is 1.58. The molecule has 0 saturated carbocycles. The van der Waals surface area contributed by atoms with Crippen molar-refractivity contribution in [3.8, 4) is 0 Å². The molecule has 0 saturated heterocycles. The maximum absolute atomic E-state index is 12.9. The minimum absolute atomic E-state index is 0.159. The molecule has 1 rings (SSSR count). The van der Waals surface area contributed by atoms with Crippen LogP contribution in [0, 0.1) is 15.9 Å². The highest BCUT2D eigenvalue weighted by atomic mass is 19.1. The number of carbonyl (C=O) groups is 1. The van der Waals surface area contributed by atoms with Crippen molar-refractivity contribution in [2.75, 3.05) is 33.4 Å². The maximum Gasteiger partial charge on any atom is 0.285 e. The van der Waals surface area contributed by atoms with Crippen molar-refractivity contribution in [2.24, 2.45) is 0 Å². The van der Waals surface area contributed by atoms with E-state index in [1.807, 2.05) is 0 Å². The molecule has 20 heavy (non-hydrogen) atoms. The topological polar surface area (TPSA) is 93.5 Å². The quantitative estimate of drug-likeness (QED) is 0.416. The van der Waals surface area contributed by atoms with Crippen LogP contribution in [0.25, 0.3) is 0 Å². The zero-order valence-electron chi connectivity index (χ0n) is 11.0. The van der Waals surface area contributed by atoms with E-state index in [4.69, 9.17) is 4.74 Å². The van der Waals surface area contributed by atoms with E-state index in [0.717, 1.165) is 18.2 Å². The molecule has 2 N–H and O–H groups in total. The lowest BCUT2D eigenvalue weighted by Crippen LogP contribution is -2.33. The third-order valence-corrected chi connectivity index (χ3v) is 2.47. The lowest BCUT2D eigenvalue weighted by atomic mass is 10.1. The number of nitrogens with one attached hydrogen (secondary N) is 2. The van der Waals surface area contributed by atoms with Gasteiger partial charge in [0.15, 0.2) is 0 Å². The first-order valence-corrected chi connectivity index (χ1v) is 5.98. The first-order valence-electron chi connectivity index (χ1n) is 5.98. The summed E-state index contributed by atoms with van der Waals surface area (Å²) in [5.74, 6) is -1.36. The van der Waals surface area contributed by atoms with Crippen molar-refractivity contribution < 1.29 is 18.8 Å². The molecule has 1 aromatic rings. The predicted molar refractivity (Wildman–Crippen MR) is 70.1 cm³/mol. The first kappa shape index (κ1) is 16.0. The SMILES string of the molecule is COCCNCCNC(=O)c1ccc(F)cc1[N+](=O)[O-]. The zero-order valence-corrected chi connectivity index (χ0v) is 11.0. The van der Waals surface area contributed by atoms with Gasteiger partial charge < -0.3 is 15.4 Å². The van der Waals surface area contributed by atoms with Crippen LogP contribution < -0.4 is 10.6 Å². The van der Waals surface area contributed by atoms with Crippen LogP contribution in [0.2, 0.25) is 0 Å². The van der Waals surface area contributed by atoms with E-state index in [1.165, 1.54) is 0 Å². The second-order valence-electron chi connectivity index (χ2n) is 3.92. The summed E-state index contributed by atoms with van der Waals surface area (Å²) in [6, 6.07) is 2.84. The van der Waals surface area contributed by atoms with E-state index in [-0.39, 0.29) is 5.56 Å². The van der Waals surface area contributed by atoms with Crippen molar-refractivity contribution in [1.82, 2.24) is 10.6 Å². The Balaban J connectivity index is 2.53. The summed E-state index contributed by atoms with van der Waals surface area (Å²) in [4.78, 5) is 21.8. The normalized spacial score (nSPS) is 10.3. The van der Waals surface area contributed by atoms with Gasteiger partial charge in [0.1, 0.15) is 11.4 Å². The number of hydrogen-bond donors (Lipinski definition) is 2. The van der Waals surface area contributed by atoms with Gasteiger partial charge in [-0.2, -0.15) is 0 Å². The molecule has 7 nitrogen and oxygen atoms in total. The molecule has 8 heteroatoms.